The molecule has 3 rings (SSSR count). The molecule has 0 radical (unpaired) electrons. The van der Waals surface area contributed by atoms with Gasteiger partial charge in [-0.25, -0.2) is 13.4 Å². The molecule has 2 heterocycles. The molecule has 0 N–H and O–H groups in total. The van der Waals surface area contributed by atoms with Gasteiger partial charge in [0, 0.05) is 34.2 Å². The minimum atomic E-state index is -3.31. The normalized spacial score (nSPS) is 20.1. The number of halogens is 2. The standard InChI is InChI=1S/C15H14BrClN2O3S2/c1-9-7-18-14(23-9)13-8-19(4-5-24(13,21)22)15(20)10-2-3-11(16)12(17)6-10/h2-3,6-7,13H,4-5,8H2,1H3. The number of sulfone groups is 1. The molecule has 1 aliphatic rings. The molecule has 1 unspecified atom stereocenters. The van der Waals surface area contributed by atoms with Crippen LogP contribution in [0.2, 0.25) is 5.02 Å². The van der Waals surface area contributed by atoms with Crippen LogP contribution in [-0.4, -0.2) is 43.1 Å². The fourth-order valence-corrected chi connectivity index (χ4v) is 5.83. The van der Waals surface area contributed by atoms with E-state index in [4.69, 9.17) is 11.6 Å². The molecule has 1 aromatic heterocycles. The zero-order chi connectivity index (χ0) is 17.5. The Labute approximate surface area is 157 Å². The van der Waals surface area contributed by atoms with Gasteiger partial charge in [0.25, 0.3) is 5.91 Å². The third-order valence-corrected chi connectivity index (χ3v) is 8.23. The van der Waals surface area contributed by atoms with Crippen molar-refractivity contribution in [2.24, 2.45) is 0 Å². The zero-order valence-corrected chi connectivity index (χ0v) is 16.7. The topological polar surface area (TPSA) is 67.3 Å². The van der Waals surface area contributed by atoms with Crippen molar-refractivity contribution in [1.82, 2.24) is 9.88 Å². The van der Waals surface area contributed by atoms with Crippen LogP contribution in [0.3, 0.4) is 0 Å². The average molecular weight is 450 g/mol. The molecule has 1 fully saturated rings. The Morgan fingerprint density at radius 1 is 1.46 bits per heavy atom. The maximum Gasteiger partial charge on any atom is 0.253 e. The molecule has 0 saturated carbocycles. The average Bonchev–Trinajstić information content (AvgIpc) is 2.95. The van der Waals surface area contributed by atoms with E-state index in [0.29, 0.717) is 20.1 Å². The first-order valence-corrected chi connectivity index (χ1v) is 10.9. The van der Waals surface area contributed by atoms with Crippen LogP contribution in [0.25, 0.3) is 0 Å². The first-order valence-electron chi connectivity index (χ1n) is 7.16. The number of hydrogen-bond donors (Lipinski definition) is 0. The summed E-state index contributed by atoms with van der Waals surface area (Å²) >= 11 is 10.7. The quantitative estimate of drug-likeness (QED) is 0.704. The molecule has 0 spiro atoms. The van der Waals surface area contributed by atoms with Gasteiger partial charge < -0.3 is 4.90 Å². The maximum atomic E-state index is 12.7. The molecule has 1 aromatic carbocycles. The Kier molecular flexibility index (Phi) is 5.01. The molecule has 24 heavy (non-hydrogen) atoms. The number of aromatic nitrogens is 1. The number of carbonyl (C=O) groups is 1. The van der Waals surface area contributed by atoms with Crippen LogP contribution in [0.4, 0.5) is 0 Å². The van der Waals surface area contributed by atoms with E-state index in [1.807, 2.05) is 6.92 Å². The van der Waals surface area contributed by atoms with Crippen molar-refractivity contribution in [3.63, 3.8) is 0 Å². The van der Waals surface area contributed by atoms with Crippen molar-refractivity contribution in [3.05, 3.63) is 49.3 Å². The summed E-state index contributed by atoms with van der Waals surface area (Å²) in [7, 11) is -3.31. The smallest absolute Gasteiger partial charge is 0.253 e. The molecule has 128 valence electrons. The number of benzene rings is 1. The van der Waals surface area contributed by atoms with Crippen LogP contribution in [0.1, 0.15) is 25.5 Å². The van der Waals surface area contributed by atoms with Crippen LogP contribution in [0, 0.1) is 6.92 Å². The first-order chi connectivity index (χ1) is 11.3. The second-order valence-electron chi connectivity index (χ2n) is 5.54. The zero-order valence-electron chi connectivity index (χ0n) is 12.7. The van der Waals surface area contributed by atoms with Gasteiger partial charge in [0.1, 0.15) is 10.3 Å². The molecular weight excluding hydrogens is 436 g/mol. The Balaban J connectivity index is 1.87. The van der Waals surface area contributed by atoms with E-state index in [1.54, 1.807) is 29.3 Å². The van der Waals surface area contributed by atoms with Gasteiger partial charge in [-0.3, -0.25) is 4.79 Å². The van der Waals surface area contributed by atoms with Gasteiger partial charge in [0.15, 0.2) is 9.84 Å². The maximum absolute atomic E-state index is 12.7. The van der Waals surface area contributed by atoms with Crippen molar-refractivity contribution in [2.45, 2.75) is 12.2 Å². The summed E-state index contributed by atoms with van der Waals surface area (Å²) < 4.78 is 25.5. The number of thiazole rings is 1. The molecule has 0 bridgehead atoms. The Morgan fingerprint density at radius 3 is 2.83 bits per heavy atom. The highest BCUT2D eigenvalue weighted by Crippen LogP contribution is 2.32. The second kappa shape index (κ2) is 6.74. The number of amides is 1. The number of nitrogens with zero attached hydrogens (tertiary/aromatic N) is 2. The highest BCUT2D eigenvalue weighted by atomic mass is 79.9. The van der Waals surface area contributed by atoms with E-state index in [1.165, 1.54) is 11.3 Å². The van der Waals surface area contributed by atoms with Crippen LogP contribution in [0.5, 0.6) is 0 Å². The molecule has 5 nitrogen and oxygen atoms in total. The number of hydrogen-bond acceptors (Lipinski definition) is 5. The van der Waals surface area contributed by atoms with Gasteiger partial charge >= 0.3 is 0 Å². The summed E-state index contributed by atoms with van der Waals surface area (Å²) in [4.78, 5) is 19.4. The van der Waals surface area contributed by atoms with Crippen molar-refractivity contribution < 1.29 is 13.2 Å². The van der Waals surface area contributed by atoms with E-state index in [-0.39, 0.29) is 24.7 Å². The van der Waals surface area contributed by atoms with E-state index in [0.717, 1.165) is 4.88 Å². The van der Waals surface area contributed by atoms with Gasteiger partial charge in [-0.1, -0.05) is 11.6 Å². The van der Waals surface area contributed by atoms with Gasteiger partial charge in [-0.15, -0.1) is 11.3 Å². The van der Waals surface area contributed by atoms with Crippen molar-refractivity contribution in [3.8, 4) is 0 Å². The second-order valence-corrected chi connectivity index (χ2v) is 10.4. The Morgan fingerprint density at radius 2 is 2.21 bits per heavy atom. The van der Waals surface area contributed by atoms with Crippen LogP contribution >= 0.6 is 38.9 Å². The molecule has 0 aliphatic carbocycles. The fourth-order valence-electron chi connectivity index (χ4n) is 2.53. The molecule has 1 amide bonds. The highest BCUT2D eigenvalue weighted by Gasteiger charge is 2.38. The number of aryl methyl sites for hydroxylation is 1. The van der Waals surface area contributed by atoms with E-state index in [9.17, 15) is 13.2 Å². The number of rotatable bonds is 2. The molecule has 9 heteroatoms. The van der Waals surface area contributed by atoms with Crippen molar-refractivity contribution in [1.29, 1.82) is 0 Å². The van der Waals surface area contributed by atoms with E-state index in [2.05, 4.69) is 20.9 Å². The molecule has 1 aliphatic heterocycles. The first kappa shape index (κ1) is 17.8. The van der Waals surface area contributed by atoms with Gasteiger partial charge in [-0.2, -0.15) is 0 Å². The van der Waals surface area contributed by atoms with Gasteiger partial charge in [0.05, 0.1) is 10.8 Å². The SMILES string of the molecule is Cc1cnc(C2CN(C(=O)c3ccc(Br)c(Cl)c3)CCS2(=O)=O)s1. The van der Waals surface area contributed by atoms with Crippen LogP contribution in [0.15, 0.2) is 28.9 Å². The summed E-state index contributed by atoms with van der Waals surface area (Å²) in [5, 5.41) is 0.219. The lowest BCUT2D eigenvalue weighted by Gasteiger charge is -2.31. The minimum Gasteiger partial charge on any atom is -0.336 e. The Bertz CT molecular complexity index is 898. The number of carbonyl (C=O) groups excluding carboxylic acids is 1. The summed E-state index contributed by atoms with van der Waals surface area (Å²) in [6.45, 7) is 2.17. The van der Waals surface area contributed by atoms with Crippen molar-refractivity contribution in [2.75, 3.05) is 18.8 Å². The predicted molar refractivity (Wildman–Crippen MR) is 98.4 cm³/mol. The summed E-state index contributed by atoms with van der Waals surface area (Å²) in [6.07, 6.45) is 1.66. The lowest BCUT2D eigenvalue weighted by Crippen LogP contribution is -2.45. The summed E-state index contributed by atoms with van der Waals surface area (Å²) in [5.74, 6) is -0.288. The van der Waals surface area contributed by atoms with Gasteiger partial charge in [-0.05, 0) is 41.1 Å². The monoisotopic (exact) mass is 448 g/mol. The lowest BCUT2D eigenvalue weighted by molar-refractivity contribution is 0.0758. The summed E-state index contributed by atoms with van der Waals surface area (Å²) in [5.41, 5.74) is 0.441. The van der Waals surface area contributed by atoms with Crippen LogP contribution in [-0.2, 0) is 9.84 Å². The van der Waals surface area contributed by atoms with Crippen LogP contribution < -0.4 is 0 Å². The van der Waals surface area contributed by atoms with Gasteiger partial charge in [0.2, 0.25) is 0 Å². The third kappa shape index (κ3) is 3.51. The Hall–Kier alpha value is -0.960. The fraction of sp³-hybridized carbons (Fsp3) is 0.333. The highest BCUT2D eigenvalue weighted by molar-refractivity contribution is 9.10. The minimum absolute atomic E-state index is 0.0632. The van der Waals surface area contributed by atoms with E-state index < -0.39 is 15.1 Å². The predicted octanol–water partition coefficient (Wildman–Crippen LogP) is 3.48. The third-order valence-electron chi connectivity index (χ3n) is 3.83. The molecule has 2 aromatic rings. The largest absolute Gasteiger partial charge is 0.336 e. The molecule has 1 saturated heterocycles. The molecular formula is C15H14BrClN2O3S2. The van der Waals surface area contributed by atoms with E-state index >= 15 is 0 Å². The van der Waals surface area contributed by atoms with Crippen molar-refractivity contribution >= 4 is 54.6 Å². The lowest BCUT2D eigenvalue weighted by atomic mass is 10.2. The molecule has 1 atom stereocenters. The summed E-state index contributed by atoms with van der Waals surface area (Å²) in [6, 6.07) is 4.96.